The van der Waals surface area contributed by atoms with Gasteiger partial charge in [0.25, 0.3) is 0 Å². The monoisotopic (exact) mass is 593 g/mol. The van der Waals surface area contributed by atoms with Crippen LogP contribution in [-0.4, -0.2) is 34.3 Å². The summed E-state index contributed by atoms with van der Waals surface area (Å²) in [6.45, 7) is 13.7. The fourth-order valence-corrected chi connectivity index (χ4v) is 12.6. The molecule has 1 N–H and O–H groups in total. The molecular weight excluding hydrogens is 542 g/mol. The van der Waals surface area contributed by atoms with Crippen LogP contribution < -0.4 is 28.6 Å². The van der Waals surface area contributed by atoms with Gasteiger partial charge in [-0.3, -0.25) is 0 Å². The van der Waals surface area contributed by atoms with E-state index >= 15 is 0 Å². The van der Waals surface area contributed by atoms with Crippen LogP contribution in [0.2, 0.25) is 34.9 Å². The number of unbranched alkanes of at least 4 members (excludes halogenated alkanes) is 3. The molecule has 0 aliphatic heterocycles. The molecule has 0 radical (unpaired) electrons. The molecule has 0 atom stereocenters. The largest absolute Gasteiger partial charge is 1.00 e. The first-order valence-corrected chi connectivity index (χ1v) is 23.5. The Morgan fingerprint density at radius 3 is 2.11 bits per heavy atom. The van der Waals surface area contributed by atoms with Crippen molar-refractivity contribution in [2.45, 2.75) is 108 Å². The summed E-state index contributed by atoms with van der Waals surface area (Å²) in [5.74, 6) is 4.95. The van der Waals surface area contributed by atoms with Crippen LogP contribution in [0.15, 0.2) is 42.5 Å². The van der Waals surface area contributed by atoms with Gasteiger partial charge in [0.1, 0.15) is 0 Å². The Morgan fingerprint density at radius 1 is 0.947 bits per heavy atom. The maximum atomic E-state index is 12.6. The Bertz CT molecular complexity index is 952. The minimum Gasteiger partial charge on any atom is 1.00 e. The molecule has 1 amide bonds. The predicted molar refractivity (Wildman–Crippen MR) is 163 cm³/mol. The summed E-state index contributed by atoms with van der Waals surface area (Å²) < 4.78 is 13.5. The zero-order chi connectivity index (χ0) is 27.5. The molecule has 0 spiro atoms. The molecule has 206 valence electrons. The molecule has 0 heterocycles. The number of carbonyl (C=O) groups is 1. The van der Waals surface area contributed by atoms with Gasteiger partial charge in [0.2, 0.25) is 0 Å². The van der Waals surface area contributed by atoms with Crippen molar-refractivity contribution in [3.8, 4) is 0 Å². The first-order chi connectivity index (χ1) is 17.5. The average molecular weight is 592 g/mol. The molecule has 2 rings (SSSR count). The molecule has 0 fully saturated rings. The van der Waals surface area contributed by atoms with Crippen LogP contribution in [-0.2, 0) is 14.8 Å². The van der Waals surface area contributed by atoms with E-state index < -0.39 is 33.3 Å². The van der Waals surface area contributed by atoms with Gasteiger partial charge in [-0.05, 0) is 6.92 Å². The maximum Gasteiger partial charge on any atom is 1.00 e. The molecule has 0 unspecified atom stereocenters. The van der Waals surface area contributed by atoms with Crippen LogP contribution in [0.5, 0.6) is 0 Å². The molecule has 0 bridgehead atoms. The second-order valence-electron chi connectivity index (χ2n) is 11.5. The van der Waals surface area contributed by atoms with E-state index in [1.807, 2.05) is 51.1 Å². The molecule has 2 aromatic rings. The molecule has 4 nitrogen and oxygen atoms in total. The Morgan fingerprint density at radius 2 is 1.55 bits per heavy atom. The van der Waals surface area contributed by atoms with Gasteiger partial charge in [-0.1, -0.05) is 0 Å². The second-order valence-corrected chi connectivity index (χ2v) is 26.5. The molecule has 0 saturated heterocycles. The van der Waals surface area contributed by atoms with Gasteiger partial charge in [-0.2, -0.15) is 0 Å². The molecule has 7 heteroatoms. The molecular formula is C31H50GeLiNO3Si. The van der Waals surface area contributed by atoms with Gasteiger partial charge in [-0.15, -0.1) is 0 Å². The Labute approximate surface area is 248 Å². The van der Waals surface area contributed by atoms with Crippen molar-refractivity contribution in [2.75, 3.05) is 11.9 Å². The van der Waals surface area contributed by atoms with E-state index in [2.05, 4.69) is 55.8 Å². The topological polar surface area (TPSA) is 47.6 Å². The summed E-state index contributed by atoms with van der Waals surface area (Å²) in [5, 5.41) is 4.16. The van der Waals surface area contributed by atoms with E-state index in [0.717, 1.165) is 12.2 Å². The smallest absolute Gasteiger partial charge is 1.00 e. The Balaban J connectivity index is 0.00000722. The van der Waals surface area contributed by atoms with Crippen molar-refractivity contribution in [3.05, 3.63) is 59.7 Å². The first kappa shape index (κ1) is 35.1. The van der Waals surface area contributed by atoms with Crippen molar-refractivity contribution in [1.82, 2.24) is 0 Å². The van der Waals surface area contributed by atoms with E-state index in [-0.39, 0.29) is 18.9 Å². The van der Waals surface area contributed by atoms with Crippen molar-refractivity contribution in [3.63, 3.8) is 0 Å². The maximum absolute atomic E-state index is 12.6. The van der Waals surface area contributed by atoms with Crippen LogP contribution >= 0.6 is 0 Å². The summed E-state index contributed by atoms with van der Waals surface area (Å²) in [7, 11) is -1.43. The molecule has 0 aromatic heterocycles. The van der Waals surface area contributed by atoms with E-state index in [9.17, 15) is 4.79 Å². The molecule has 0 saturated carbocycles. The Hall–Kier alpha value is -0.973. The first-order valence-electron chi connectivity index (χ1n) is 14.2. The van der Waals surface area contributed by atoms with Gasteiger partial charge < -0.3 is 0 Å². The number of carbonyl (C=O) groups excluding carboxylic acids is 1. The quantitative estimate of drug-likeness (QED) is 0.162. The molecule has 2 aromatic carbocycles. The number of nitrogens with one attached hydrogen (secondary N) is 1. The van der Waals surface area contributed by atoms with Gasteiger partial charge in [0.05, 0.1) is 0 Å². The third kappa shape index (κ3) is 10.9. The van der Waals surface area contributed by atoms with Crippen LogP contribution in [0, 0.1) is 13.0 Å². The summed E-state index contributed by atoms with van der Waals surface area (Å²) in [5.41, 5.74) is 2.08. The molecule has 0 aliphatic rings. The minimum absolute atomic E-state index is 0. The fraction of sp³-hybridized carbons (Fsp3) is 0.581. The summed E-state index contributed by atoms with van der Waals surface area (Å²) in [6, 6.07) is 21.3. The Kier molecular flexibility index (Phi) is 15.1. The predicted octanol–water partition coefficient (Wildman–Crippen LogP) is 5.78. The number of hydrogen-bond acceptors (Lipinski definition) is 3. The number of anilines is 1. The van der Waals surface area contributed by atoms with Gasteiger partial charge in [0.15, 0.2) is 0 Å². The third-order valence-electron chi connectivity index (χ3n) is 7.96. The normalized spacial score (nSPS) is 12.1. The number of ether oxygens (including phenoxy) is 1. The van der Waals surface area contributed by atoms with Crippen LogP contribution in [0.4, 0.5) is 10.5 Å². The average Bonchev–Trinajstić information content (AvgIpc) is 2.86. The number of rotatable bonds is 15. The van der Waals surface area contributed by atoms with Crippen molar-refractivity contribution < 1.29 is 32.8 Å². The standard InChI is InChI=1S/C31H50GeNO3Si.Li/c1-9-37(10-2,11-3)35-25-15-13-12-14-24-32(7,8)28-20-22-29(23-21-28)33-30(34)36-31(5,6)27-18-16-26(4)17-19-27;/h16-22H,9-15,24-25H2,1-8H3,(H,33,34);/q-1;+1. The summed E-state index contributed by atoms with van der Waals surface area (Å²) in [6.07, 6.45) is 4.55. The number of aryl methyl sites for hydroxylation is 1. The minimum atomic E-state index is -2.11. The van der Waals surface area contributed by atoms with Crippen molar-refractivity contribution in [2.24, 2.45) is 0 Å². The molecule has 0 aliphatic carbocycles. The van der Waals surface area contributed by atoms with Gasteiger partial charge in [0, 0.05) is 0 Å². The number of hydrogen-bond donors (Lipinski definition) is 1. The van der Waals surface area contributed by atoms with Gasteiger partial charge >= 0.3 is 243 Å². The van der Waals surface area contributed by atoms with Crippen molar-refractivity contribution >= 4 is 37.8 Å². The number of amides is 1. The summed E-state index contributed by atoms with van der Waals surface area (Å²) >= 11 is -2.11. The SMILES string of the molecule is CC[Si](CC)(CC)OCCCCC[CH2][Ge]([CH3])([CH3])[c]1c[c-]c(NC(=O)OC(C)(C)c2ccc(C)cc2)cc1.[Li+]. The third-order valence-corrected chi connectivity index (χ3v) is 19.9. The second kappa shape index (κ2) is 16.3. The van der Waals surface area contributed by atoms with Crippen LogP contribution in [0.3, 0.4) is 0 Å². The van der Waals surface area contributed by atoms with E-state index in [1.54, 1.807) is 0 Å². The summed E-state index contributed by atoms with van der Waals surface area (Å²) in [4.78, 5) is 12.6. The zero-order valence-corrected chi connectivity index (χ0v) is 28.7. The zero-order valence-electron chi connectivity index (χ0n) is 25.6. The van der Waals surface area contributed by atoms with Crippen LogP contribution in [0.25, 0.3) is 0 Å². The van der Waals surface area contributed by atoms with Crippen molar-refractivity contribution in [1.29, 1.82) is 0 Å². The van der Waals surface area contributed by atoms with Gasteiger partial charge in [-0.25, -0.2) is 0 Å². The number of benzene rings is 2. The van der Waals surface area contributed by atoms with Crippen LogP contribution in [0.1, 0.15) is 71.4 Å². The molecule has 38 heavy (non-hydrogen) atoms. The fourth-order valence-electron chi connectivity index (χ4n) is 4.82. The van der Waals surface area contributed by atoms with E-state index in [4.69, 9.17) is 9.16 Å². The van der Waals surface area contributed by atoms with E-state index in [1.165, 1.54) is 59.0 Å². The van der Waals surface area contributed by atoms with E-state index in [0.29, 0.717) is 5.69 Å².